The molecule has 1 aromatic heterocycles. The molecule has 3 rings (SSSR count). The molecule has 0 aliphatic heterocycles. The molecule has 27 heavy (non-hydrogen) atoms. The molecular weight excluding hydrogens is 336 g/mol. The van der Waals surface area contributed by atoms with Gasteiger partial charge in [-0.3, -0.25) is 4.79 Å². The molecule has 0 saturated heterocycles. The summed E-state index contributed by atoms with van der Waals surface area (Å²) >= 11 is 0. The van der Waals surface area contributed by atoms with Crippen LogP contribution < -0.4 is 0 Å². The molecule has 0 unspecified atom stereocenters. The molecule has 1 aromatic carbocycles. The number of rotatable bonds is 0. The van der Waals surface area contributed by atoms with Gasteiger partial charge in [0.1, 0.15) is 22.8 Å². The Kier molecular flexibility index (Phi) is 4.08. The van der Waals surface area contributed by atoms with Crippen molar-refractivity contribution in [2.75, 3.05) is 0 Å². The first kappa shape index (κ1) is 19.5. The van der Waals surface area contributed by atoms with Crippen molar-refractivity contribution in [2.24, 2.45) is 5.41 Å². The van der Waals surface area contributed by atoms with Crippen molar-refractivity contribution < 1.29 is 9.90 Å². The Morgan fingerprint density at radius 2 is 1.44 bits per heavy atom. The van der Waals surface area contributed by atoms with Crippen LogP contribution in [0.3, 0.4) is 0 Å². The summed E-state index contributed by atoms with van der Waals surface area (Å²) < 4.78 is 0. The number of phenolic OH excluding ortho intramolecular Hbond substituents is 1. The minimum Gasteiger partial charge on any atom is -0.505 e. The number of hydrogen-bond donors (Lipinski definition) is 1. The lowest BCUT2D eigenvalue weighted by molar-refractivity contribution is 0.101. The Morgan fingerprint density at radius 1 is 0.852 bits per heavy atom. The van der Waals surface area contributed by atoms with Gasteiger partial charge in [-0.1, -0.05) is 62.3 Å². The Labute approximate surface area is 161 Å². The Bertz CT molecular complexity index is 994. The van der Waals surface area contributed by atoms with Crippen LogP contribution in [-0.4, -0.2) is 20.9 Å². The fourth-order valence-electron chi connectivity index (χ4n) is 3.42. The second kappa shape index (κ2) is 5.63. The number of ketones is 1. The number of nitrogens with zero attached hydrogens (tertiary/aromatic N) is 2. The van der Waals surface area contributed by atoms with E-state index in [1.54, 1.807) is 0 Å². The van der Waals surface area contributed by atoms with E-state index in [0.717, 1.165) is 16.7 Å². The first-order valence-corrected chi connectivity index (χ1v) is 9.48. The molecule has 1 aliphatic carbocycles. The number of carbonyl (C=O) groups is 1. The molecule has 0 saturated carbocycles. The topological polar surface area (TPSA) is 63.1 Å². The lowest BCUT2D eigenvalue weighted by atomic mass is 9.76. The minimum absolute atomic E-state index is 0.0733. The van der Waals surface area contributed by atoms with Crippen molar-refractivity contribution in [3.63, 3.8) is 0 Å². The third-order valence-corrected chi connectivity index (χ3v) is 5.02. The van der Waals surface area contributed by atoms with Gasteiger partial charge >= 0.3 is 0 Å². The van der Waals surface area contributed by atoms with Crippen molar-refractivity contribution in [1.82, 2.24) is 9.97 Å². The SMILES string of the molecule is CC(C)(C)C1=Cc2cc(C(C)(C)C)c(O)c3nc(C(C)(C)C)nc(c23)C1=O. The van der Waals surface area contributed by atoms with Crippen LogP contribution >= 0.6 is 0 Å². The van der Waals surface area contributed by atoms with E-state index in [9.17, 15) is 9.90 Å². The van der Waals surface area contributed by atoms with Crippen LogP contribution in [0.4, 0.5) is 0 Å². The number of aromatic hydroxyl groups is 1. The summed E-state index contributed by atoms with van der Waals surface area (Å²) in [7, 11) is 0. The van der Waals surface area contributed by atoms with Crippen LogP contribution in [0.15, 0.2) is 11.6 Å². The summed E-state index contributed by atoms with van der Waals surface area (Å²) in [5.74, 6) is 0.646. The van der Waals surface area contributed by atoms with Crippen LogP contribution in [-0.2, 0) is 10.8 Å². The van der Waals surface area contributed by atoms with Gasteiger partial charge in [-0.2, -0.15) is 0 Å². The van der Waals surface area contributed by atoms with Gasteiger partial charge < -0.3 is 5.11 Å². The molecule has 144 valence electrons. The van der Waals surface area contributed by atoms with Gasteiger partial charge in [-0.05, 0) is 28.5 Å². The molecule has 1 N–H and O–H groups in total. The van der Waals surface area contributed by atoms with Crippen molar-refractivity contribution in [1.29, 1.82) is 0 Å². The van der Waals surface area contributed by atoms with Crippen molar-refractivity contribution in [3.8, 4) is 5.75 Å². The molecular formula is C23H30N2O2. The highest BCUT2D eigenvalue weighted by Crippen LogP contribution is 2.44. The van der Waals surface area contributed by atoms with E-state index in [2.05, 4.69) is 25.8 Å². The molecule has 0 fully saturated rings. The summed E-state index contributed by atoms with van der Waals surface area (Å²) in [5, 5.41) is 11.7. The zero-order valence-corrected chi connectivity index (χ0v) is 17.9. The number of hydrogen-bond acceptors (Lipinski definition) is 4. The Balaban J connectivity index is 2.52. The average molecular weight is 367 g/mol. The second-order valence-corrected chi connectivity index (χ2v) is 10.6. The third-order valence-electron chi connectivity index (χ3n) is 5.02. The van der Waals surface area contributed by atoms with E-state index in [4.69, 9.17) is 4.98 Å². The van der Waals surface area contributed by atoms with E-state index in [-0.39, 0.29) is 27.8 Å². The molecule has 2 aromatic rings. The molecule has 0 bridgehead atoms. The predicted molar refractivity (Wildman–Crippen MR) is 110 cm³/mol. The highest BCUT2D eigenvalue weighted by Gasteiger charge is 2.35. The first-order chi connectivity index (χ1) is 12.1. The van der Waals surface area contributed by atoms with Gasteiger partial charge in [0, 0.05) is 21.9 Å². The van der Waals surface area contributed by atoms with Crippen LogP contribution in [0.25, 0.3) is 17.0 Å². The normalized spacial score (nSPS) is 15.3. The van der Waals surface area contributed by atoms with Crippen LogP contribution in [0.1, 0.15) is 89.8 Å². The summed E-state index contributed by atoms with van der Waals surface area (Å²) in [6.07, 6.45) is 1.95. The van der Waals surface area contributed by atoms with Gasteiger partial charge in [-0.25, -0.2) is 9.97 Å². The molecule has 1 aliphatic rings. The molecule has 1 heterocycles. The van der Waals surface area contributed by atoms with Gasteiger partial charge in [0.15, 0.2) is 0 Å². The lowest BCUT2D eigenvalue weighted by Gasteiger charge is -2.29. The molecule has 4 nitrogen and oxygen atoms in total. The Hall–Kier alpha value is -2.23. The maximum atomic E-state index is 13.3. The lowest BCUT2D eigenvalue weighted by Crippen LogP contribution is -2.25. The number of carbonyl (C=O) groups excluding carboxylic acids is 1. The summed E-state index contributed by atoms with van der Waals surface area (Å²) in [5.41, 5.74) is 2.47. The second-order valence-electron chi connectivity index (χ2n) is 10.6. The van der Waals surface area contributed by atoms with E-state index >= 15 is 0 Å². The summed E-state index contributed by atoms with van der Waals surface area (Å²) in [6, 6.07) is 1.99. The zero-order valence-electron chi connectivity index (χ0n) is 17.9. The van der Waals surface area contributed by atoms with E-state index < -0.39 is 0 Å². The number of allylic oxidation sites excluding steroid dienone is 1. The fraction of sp³-hybridized carbons (Fsp3) is 0.522. The largest absolute Gasteiger partial charge is 0.505 e. The quantitative estimate of drug-likeness (QED) is 0.663. The Morgan fingerprint density at radius 3 is 1.93 bits per heavy atom. The fourth-order valence-corrected chi connectivity index (χ4v) is 3.42. The van der Waals surface area contributed by atoms with E-state index in [0.29, 0.717) is 22.4 Å². The minimum atomic E-state index is -0.335. The average Bonchev–Trinajstić information content (AvgIpc) is 2.49. The zero-order chi connectivity index (χ0) is 20.5. The third kappa shape index (κ3) is 3.15. The molecule has 0 amide bonds. The number of Topliss-reactive ketones (excluding diaryl/α,β-unsaturated/α-hetero) is 1. The monoisotopic (exact) mass is 366 g/mol. The summed E-state index contributed by atoms with van der Waals surface area (Å²) in [4.78, 5) is 22.7. The van der Waals surface area contributed by atoms with Gasteiger partial charge in [0.2, 0.25) is 5.78 Å². The summed E-state index contributed by atoms with van der Waals surface area (Å²) in [6.45, 7) is 18.4. The number of benzene rings is 1. The van der Waals surface area contributed by atoms with Crippen molar-refractivity contribution in [3.05, 3.63) is 34.3 Å². The standard InChI is InChI=1S/C23H30N2O2/c1-21(2,3)13-10-12-11-14(22(4,5)6)19(27)17-15(12)16(18(13)26)24-20(25-17)23(7,8)9/h10-11,26H,1-9H3. The van der Waals surface area contributed by atoms with Crippen LogP contribution in [0.2, 0.25) is 0 Å². The van der Waals surface area contributed by atoms with Crippen LogP contribution in [0.5, 0.6) is 5.75 Å². The van der Waals surface area contributed by atoms with Crippen molar-refractivity contribution >= 4 is 22.8 Å². The van der Waals surface area contributed by atoms with Crippen LogP contribution in [0, 0.1) is 5.41 Å². The van der Waals surface area contributed by atoms with E-state index in [1.807, 2.05) is 53.7 Å². The smallest absolute Gasteiger partial charge is 0.208 e. The molecule has 0 radical (unpaired) electrons. The highest BCUT2D eigenvalue weighted by atomic mass is 16.3. The van der Waals surface area contributed by atoms with Gasteiger partial charge in [-0.15, -0.1) is 0 Å². The molecule has 0 spiro atoms. The highest BCUT2D eigenvalue weighted by molar-refractivity contribution is 6.22. The predicted octanol–water partition coefficient (Wildman–Crippen LogP) is 5.56. The van der Waals surface area contributed by atoms with E-state index in [1.165, 1.54) is 0 Å². The maximum absolute atomic E-state index is 13.3. The van der Waals surface area contributed by atoms with Gasteiger partial charge in [0.05, 0.1) is 0 Å². The number of phenols is 1. The molecule has 4 heteroatoms. The molecule has 0 atom stereocenters. The first-order valence-electron chi connectivity index (χ1n) is 9.48. The number of aromatic nitrogens is 2. The maximum Gasteiger partial charge on any atom is 0.208 e. The van der Waals surface area contributed by atoms with Crippen molar-refractivity contribution in [2.45, 2.75) is 73.1 Å². The van der Waals surface area contributed by atoms with Gasteiger partial charge in [0.25, 0.3) is 0 Å².